The molecule has 1 aromatic carbocycles. The predicted octanol–water partition coefficient (Wildman–Crippen LogP) is 0.985. The molecule has 25 heavy (non-hydrogen) atoms. The Morgan fingerprint density at radius 2 is 2.04 bits per heavy atom. The number of aromatic amines is 1. The predicted molar refractivity (Wildman–Crippen MR) is 95.2 cm³/mol. The van der Waals surface area contributed by atoms with E-state index in [9.17, 15) is 14.7 Å². The minimum atomic E-state index is -0.516. The van der Waals surface area contributed by atoms with Gasteiger partial charge in [0.05, 0.1) is 6.21 Å². The molecule has 2 aromatic heterocycles. The van der Waals surface area contributed by atoms with Gasteiger partial charge in [-0.3, -0.25) is 14.3 Å². The molecule has 0 aliphatic carbocycles. The van der Waals surface area contributed by atoms with Gasteiger partial charge in [-0.1, -0.05) is 6.92 Å². The van der Waals surface area contributed by atoms with Crippen molar-refractivity contribution in [1.29, 1.82) is 0 Å². The molecule has 0 saturated heterocycles. The number of aryl methyl sites for hydroxylation is 2. The monoisotopic (exact) mass is 342 g/mol. The van der Waals surface area contributed by atoms with Crippen LogP contribution in [0.3, 0.4) is 0 Å². The van der Waals surface area contributed by atoms with E-state index in [-0.39, 0.29) is 5.75 Å². The summed E-state index contributed by atoms with van der Waals surface area (Å²) in [4.78, 5) is 30.5. The highest BCUT2D eigenvalue weighted by molar-refractivity contribution is 5.80. The smallest absolute Gasteiger partial charge is 0.329 e. The summed E-state index contributed by atoms with van der Waals surface area (Å²) >= 11 is 0. The van der Waals surface area contributed by atoms with Crippen LogP contribution >= 0.6 is 0 Å². The molecule has 0 aliphatic rings. The molecule has 0 saturated carbocycles. The first-order valence-corrected chi connectivity index (χ1v) is 7.79. The number of rotatable bonds is 5. The molecular formula is C16H18N6O3. The molecule has 0 atom stereocenters. The topological polar surface area (TPSA) is 117 Å². The summed E-state index contributed by atoms with van der Waals surface area (Å²) in [5, 5.41) is 13.4. The third-order valence-corrected chi connectivity index (χ3v) is 3.73. The van der Waals surface area contributed by atoms with Crippen molar-refractivity contribution < 1.29 is 5.11 Å². The Balaban J connectivity index is 2.00. The molecule has 3 rings (SSSR count). The molecule has 3 N–H and O–H groups in total. The largest absolute Gasteiger partial charge is 0.508 e. The molecule has 0 amide bonds. The van der Waals surface area contributed by atoms with E-state index < -0.39 is 11.2 Å². The van der Waals surface area contributed by atoms with Crippen molar-refractivity contribution >= 4 is 23.3 Å². The zero-order valence-electron chi connectivity index (χ0n) is 13.9. The Labute approximate surface area is 142 Å². The Kier molecular flexibility index (Phi) is 4.38. The number of fused-ring (bicyclic) bond motifs is 1. The zero-order chi connectivity index (χ0) is 18.0. The van der Waals surface area contributed by atoms with Crippen LogP contribution in [0.25, 0.3) is 11.2 Å². The number of hydrogen-bond acceptors (Lipinski definition) is 6. The summed E-state index contributed by atoms with van der Waals surface area (Å²) in [5.41, 5.74) is 3.23. The van der Waals surface area contributed by atoms with Gasteiger partial charge in [0.15, 0.2) is 11.2 Å². The van der Waals surface area contributed by atoms with Crippen molar-refractivity contribution in [3.63, 3.8) is 0 Å². The SMILES string of the molecule is CCCn1c(N/N=C/c2ccc(O)cc2)nc2c1c(=O)[nH]c(=O)n2C. The van der Waals surface area contributed by atoms with Gasteiger partial charge in [-0.15, -0.1) is 0 Å². The fourth-order valence-corrected chi connectivity index (χ4v) is 2.49. The normalized spacial score (nSPS) is 11.4. The van der Waals surface area contributed by atoms with E-state index in [1.165, 1.54) is 4.57 Å². The standard InChI is InChI=1S/C16H18N6O3/c1-3-8-22-12-13(21(2)16(25)19-14(12)24)18-15(22)20-17-9-10-4-6-11(23)7-5-10/h4-7,9,23H,3,8H2,1-2H3,(H,18,20)(H,19,24,25)/b17-9+. The maximum absolute atomic E-state index is 12.2. The number of nitrogens with zero attached hydrogens (tertiary/aromatic N) is 4. The van der Waals surface area contributed by atoms with E-state index >= 15 is 0 Å². The van der Waals surface area contributed by atoms with Crippen LogP contribution < -0.4 is 16.7 Å². The van der Waals surface area contributed by atoms with Gasteiger partial charge in [-0.25, -0.2) is 10.2 Å². The van der Waals surface area contributed by atoms with Crippen LogP contribution in [0.15, 0.2) is 39.0 Å². The number of benzene rings is 1. The van der Waals surface area contributed by atoms with Gasteiger partial charge in [-0.05, 0) is 36.2 Å². The Bertz CT molecular complexity index is 1040. The van der Waals surface area contributed by atoms with Crippen LogP contribution in [0.5, 0.6) is 5.75 Å². The number of hydrazone groups is 1. The van der Waals surface area contributed by atoms with Crippen LogP contribution in [0.2, 0.25) is 0 Å². The highest BCUT2D eigenvalue weighted by atomic mass is 16.3. The van der Waals surface area contributed by atoms with Crippen molar-refractivity contribution in [1.82, 2.24) is 19.1 Å². The maximum atomic E-state index is 12.2. The highest BCUT2D eigenvalue weighted by Crippen LogP contribution is 2.16. The molecule has 0 spiro atoms. The molecule has 3 aromatic rings. The fourth-order valence-electron chi connectivity index (χ4n) is 2.49. The third kappa shape index (κ3) is 3.16. The number of aromatic hydroxyl groups is 1. The average molecular weight is 342 g/mol. The lowest BCUT2D eigenvalue weighted by Crippen LogP contribution is -2.29. The molecule has 130 valence electrons. The number of anilines is 1. The second-order valence-electron chi connectivity index (χ2n) is 5.54. The van der Waals surface area contributed by atoms with Gasteiger partial charge in [0.1, 0.15) is 5.75 Å². The third-order valence-electron chi connectivity index (χ3n) is 3.73. The van der Waals surface area contributed by atoms with Crippen LogP contribution in [0.4, 0.5) is 5.95 Å². The summed E-state index contributed by atoms with van der Waals surface area (Å²) in [6.45, 7) is 2.53. The number of phenols is 1. The summed E-state index contributed by atoms with van der Waals surface area (Å²) in [6, 6.07) is 6.54. The molecular weight excluding hydrogens is 324 g/mol. The first-order valence-electron chi connectivity index (χ1n) is 7.79. The molecule has 0 radical (unpaired) electrons. The summed E-state index contributed by atoms with van der Waals surface area (Å²) in [7, 11) is 1.55. The number of phenolic OH excluding ortho intramolecular Hbond substituents is 1. The Morgan fingerprint density at radius 1 is 1.32 bits per heavy atom. The lowest BCUT2D eigenvalue weighted by atomic mass is 10.2. The molecule has 0 aliphatic heterocycles. The highest BCUT2D eigenvalue weighted by Gasteiger charge is 2.16. The summed E-state index contributed by atoms with van der Waals surface area (Å²) < 4.78 is 2.99. The van der Waals surface area contributed by atoms with E-state index in [0.717, 1.165) is 12.0 Å². The fraction of sp³-hybridized carbons (Fsp3) is 0.250. The van der Waals surface area contributed by atoms with Crippen LogP contribution in [0, 0.1) is 0 Å². The lowest BCUT2D eigenvalue weighted by molar-refractivity contribution is 0.475. The average Bonchev–Trinajstić information content (AvgIpc) is 2.94. The van der Waals surface area contributed by atoms with Crippen molar-refractivity contribution in [2.24, 2.45) is 12.1 Å². The number of imidazole rings is 1. The van der Waals surface area contributed by atoms with Crippen molar-refractivity contribution in [2.75, 3.05) is 5.43 Å². The number of aromatic nitrogens is 4. The molecule has 9 nitrogen and oxygen atoms in total. The minimum Gasteiger partial charge on any atom is -0.508 e. The summed E-state index contributed by atoms with van der Waals surface area (Å²) in [6.07, 6.45) is 2.35. The van der Waals surface area contributed by atoms with Crippen LogP contribution in [-0.2, 0) is 13.6 Å². The lowest BCUT2D eigenvalue weighted by Gasteiger charge is -2.05. The van der Waals surface area contributed by atoms with Crippen LogP contribution in [0.1, 0.15) is 18.9 Å². The van der Waals surface area contributed by atoms with Crippen LogP contribution in [-0.4, -0.2) is 30.4 Å². The second kappa shape index (κ2) is 6.63. The molecule has 0 fully saturated rings. The Morgan fingerprint density at radius 3 is 2.72 bits per heavy atom. The quantitative estimate of drug-likeness (QED) is 0.472. The molecule has 2 heterocycles. The van der Waals surface area contributed by atoms with Gasteiger partial charge in [0.2, 0.25) is 5.95 Å². The first kappa shape index (κ1) is 16.5. The first-order chi connectivity index (χ1) is 12.0. The van der Waals surface area contributed by atoms with Gasteiger partial charge in [0, 0.05) is 13.6 Å². The van der Waals surface area contributed by atoms with Crippen molar-refractivity contribution in [3.05, 3.63) is 50.7 Å². The van der Waals surface area contributed by atoms with E-state index in [2.05, 4.69) is 20.5 Å². The van der Waals surface area contributed by atoms with E-state index in [1.54, 1.807) is 42.1 Å². The van der Waals surface area contributed by atoms with Gasteiger partial charge < -0.3 is 9.67 Å². The number of hydrogen-bond donors (Lipinski definition) is 3. The van der Waals surface area contributed by atoms with Crippen molar-refractivity contribution in [3.8, 4) is 5.75 Å². The summed E-state index contributed by atoms with van der Waals surface area (Å²) in [5.74, 6) is 0.550. The minimum absolute atomic E-state index is 0.176. The van der Waals surface area contributed by atoms with E-state index in [4.69, 9.17) is 0 Å². The maximum Gasteiger partial charge on any atom is 0.329 e. The van der Waals surface area contributed by atoms with Crippen molar-refractivity contribution in [2.45, 2.75) is 19.9 Å². The second-order valence-corrected chi connectivity index (χ2v) is 5.54. The van der Waals surface area contributed by atoms with E-state index in [0.29, 0.717) is 23.7 Å². The number of H-pyrrole nitrogens is 1. The molecule has 0 unspecified atom stereocenters. The molecule has 9 heteroatoms. The molecule has 0 bridgehead atoms. The van der Waals surface area contributed by atoms with Gasteiger partial charge >= 0.3 is 5.69 Å². The zero-order valence-corrected chi connectivity index (χ0v) is 13.9. The van der Waals surface area contributed by atoms with Gasteiger partial charge in [0.25, 0.3) is 5.56 Å². The van der Waals surface area contributed by atoms with E-state index in [1.807, 2.05) is 6.92 Å². The number of nitrogens with one attached hydrogen (secondary N) is 2. The van der Waals surface area contributed by atoms with Gasteiger partial charge in [-0.2, -0.15) is 10.1 Å². The Hall–Kier alpha value is -3.36.